The number of amides is 1. The van der Waals surface area contributed by atoms with E-state index in [0.717, 1.165) is 23.0 Å². The van der Waals surface area contributed by atoms with E-state index in [4.69, 9.17) is 0 Å². The van der Waals surface area contributed by atoms with Gasteiger partial charge in [0.05, 0.1) is 5.75 Å². The molecule has 0 radical (unpaired) electrons. The summed E-state index contributed by atoms with van der Waals surface area (Å²) in [5, 5.41) is 12.3. The number of benzene rings is 1. The summed E-state index contributed by atoms with van der Waals surface area (Å²) in [4.78, 5) is 12.1. The van der Waals surface area contributed by atoms with E-state index >= 15 is 0 Å². The third kappa shape index (κ3) is 6.20. The van der Waals surface area contributed by atoms with Crippen molar-refractivity contribution in [2.75, 3.05) is 5.75 Å². The van der Waals surface area contributed by atoms with Crippen LogP contribution < -0.4 is 5.32 Å². The Bertz CT molecular complexity index is 657. The maximum absolute atomic E-state index is 12.1. The summed E-state index contributed by atoms with van der Waals surface area (Å²) in [7, 11) is 1.93. The fraction of sp³-hybridized carbons (Fsp3) is 0.526. The summed E-state index contributed by atoms with van der Waals surface area (Å²) in [5.74, 6) is 1.23. The first kappa shape index (κ1) is 19.5. The zero-order valence-electron chi connectivity index (χ0n) is 15.4. The first-order chi connectivity index (χ1) is 12.1. The molecule has 1 aromatic heterocycles. The molecule has 1 atom stereocenters. The van der Waals surface area contributed by atoms with Crippen LogP contribution in [0.3, 0.4) is 0 Å². The predicted octanol–water partition coefficient (Wildman–Crippen LogP) is 4.05. The van der Waals surface area contributed by atoms with E-state index in [2.05, 4.69) is 29.4 Å². The van der Waals surface area contributed by atoms with Crippen LogP contribution in [0.2, 0.25) is 0 Å². The van der Waals surface area contributed by atoms with Crippen molar-refractivity contribution in [1.29, 1.82) is 0 Å². The molecule has 1 N–H and O–H groups in total. The highest BCUT2D eigenvalue weighted by Crippen LogP contribution is 2.22. The van der Waals surface area contributed by atoms with Crippen LogP contribution in [-0.4, -0.2) is 32.5 Å². The van der Waals surface area contributed by atoms with Crippen LogP contribution in [0.15, 0.2) is 35.5 Å². The summed E-state index contributed by atoms with van der Waals surface area (Å²) in [5.41, 5.74) is 1.02. The largest absolute Gasteiger partial charge is 0.353 e. The van der Waals surface area contributed by atoms with Gasteiger partial charge in [-0.25, -0.2) is 0 Å². The third-order valence-corrected chi connectivity index (χ3v) is 5.12. The van der Waals surface area contributed by atoms with Crippen LogP contribution >= 0.6 is 11.8 Å². The van der Waals surface area contributed by atoms with Crippen molar-refractivity contribution in [3.8, 4) is 11.4 Å². The van der Waals surface area contributed by atoms with Gasteiger partial charge in [0.2, 0.25) is 5.91 Å². The van der Waals surface area contributed by atoms with Crippen molar-refractivity contribution in [2.45, 2.75) is 57.1 Å². The van der Waals surface area contributed by atoms with E-state index in [0.29, 0.717) is 5.75 Å². The van der Waals surface area contributed by atoms with Gasteiger partial charge >= 0.3 is 0 Å². The monoisotopic (exact) mass is 360 g/mol. The fourth-order valence-corrected chi connectivity index (χ4v) is 3.40. The summed E-state index contributed by atoms with van der Waals surface area (Å²) in [6.07, 6.45) is 5.96. The number of hydrogen-bond donors (Lipinski definition) is 1. The SMILES string of the molecule is CCCCCC[C@H](C)NC(=O)CSc1nnc(-c2ccccc2)n1C. The maximum atomic E-state index is 12.1. The first-order valence-corrected chi connectivity index (χ1v) is 9.97. The number of unbranched alkanes of at least 4 members (excludes halogenated alkanes) is 3. The van der Waals surface area contributed by atoms with Gasteiger partial charge in [-0.3, -0.25) is 4.79 Å². The van der Waals surface area contributed by atoms with Gasteiger partial charge in [0, 0.05) is 18.7 Å². The van der Waals surface area contributed by atoms with Gasteiger partial charge in [-0.2, -0.15) is 0 Å². The minimum Gasteiger partial charge on any atom is -0.353 e. The summed E-state index contributed by atoms with van der Waals surface area (Å²) < 4.78 is 1.93. The molecule has 0 fully saturated rings. The number of thioether (sulfide) groups is 1. The van der Waals surface area contributed by atoms with Gasteiger partial charge in [0.1, 0.15) is 0 Å². The summed E-state index contributed by atoms with van der Waals surface area (Å²) in [6.45, 7) is 4.28. The lowest BCUT2D eigenvalue weighted by atomic mass is 10.1. The van der Waals surface area contributed by atoms with Crippen molar-refractivity contribution in [3.63, 3.8) is 0 Å². The second kappa shape index (κ2) is 10.2. The van der Waals surface area contributed by atoms with E-state index in [1.54, 1.807) is 0 Å². The number of nitrogens with one attached hydrogen (secondary N) is 1. The van der Waals surface area contributed by atoms with Gasteiger partial charge in [-0.15, -0.1) is 10.2 Å². The Kier molecular flexibility index (Phi) is 7.98. The van der Waals surface area contributed by atoms with Crippen LogP contribution in [0.1, 0.15) is 46.0 Å². The van der Waals surface area contributed by atoms with Crippen LogP contribution in [0, 0.1) is 0 Å². The molecule has 0 saturated carbocycles. The molecule has 136 valence electrons. The van der Waals surface area contributed by atoms with Crippen molar-refractivity contribution in [1.82, 2.24) is 20.1 Å². The first-order valence-electron chi connectivity index (χ1n) is 8.98. The third-order valence-electron chi connectivity index (χ3n) is 4.10. The van der Waals surface area contributed by atoms with Crippen molar-refractivity contribution in [3.05, 3.63) is 30.3 Å². The Morgan fingerprint density at radius 1 is 1.20 bits per heavy atom. The minimum absolute atomic E-state index is 0.0530. The zero-order chi connectivity index (χ0) is 18.1. The van der Waals surface area contributed by atoms with Gasteiger partial charge in [0.15, 0.2) is 11.0 Å². The molecule has 2 aromatic rings. The predicted molar refractivity (Wildman–Crippen MR) is 104 cm³/mol. The van der Waals surface area contributed by atoms with Gasteiger partial charge in [0.25, 0.3) is 0 Å². The van der Waals surface area contributed by atoms with Crippen LogP contribution in [0.4, 0.5) is 0 Å². The quantitative estimate of drug-likeness (QED) is 0.513. The van der Waals surface area contributed by atoms with E-state index in [-0.39, 0.29) is 11.9 Å². The highest BCUT2D eigenvalue weighted by molar-refractivity contribution is 7.99. The molecule has 1 heterocycles. The Morgan fingerprint density at radius 2 is 1.96 bits per heavy atom. The molecule has 6 heteroatoms. The van der Waals surface area contributed by atoms with Crippen molar-refractivity contribution in [2.24, 2.45) is 7.05 Å². The van der Waals surface area contributed by atoms with Gasteiger partial charge < -0.3 is 9.88 Å². The molecular weight excluding hydrogens is 332 g/mol. The number of hydrogen-bond acceptors (Lipinski definition) is 4. The van der Waals surface area contributed by atoms with Crippen LogP contribution in [0.5, 0.6) is 0 Å². The molecule has 25 heavy (non-hydrogen) atoms. The van der Waals surface area contributed by atoms with E-state index in [9.17, 15) is 4.79 Å². The molecule has 0 aliphatic carbocycles. The molecule has 0 bridgehead atoms. The Balaban J connectivity index is 1.79. The van der Waals surface area contributed by atoms with Crippen molar-refractivity contribution >= 4 is 17.7 Å². The summed E-state index contributed by atoms with van der Waals surface area (Å²) in [6, 6.07) is 10.2. The molecule has 0 aliphatic rings. The van der Waals surface area contributed by atoms with Crippen molar-refractivity contribution < 1.29 is 4.79 Å². The van der Waals surface area contributed by atoms with E-state index in [1.807, 2.05) is 41.9 Å². The average molecular weight is 361 g/mol. The number of rotatable bonds is 10. The van der Waals surface area contributed by atoms with Gasteiger partial charge in [-0.1, -0.05) is 74.7 Å². The highest BCUT2D eigenvalue weighted by Gasteiger charge is 2.13. The average Bonchev–Trinajstić information content (AvgIpc) is 2.98. The number of carbonyl (C=O) groups excluding carboxylic acids is 1. The normalized spacial score (nSPS) is 12.1. The Labute approximate surface area is 154 Å². The van der Waals surface area contributed by atoms with Crippen LogP contribution in [0.25, 0.3) is 11.4 Å². The molecule has 0 saturated heterocycles. The highest BCUT2D eigenvalue weighted by atomic mass is 32.2. The number of aromatic nitrogens is 3. The Hall–Kier alpha value is -1.82. The van der Waals surface area contributed by atoms with Crippen LogP contribution in [-0.2, 0) is 11.8 Å². The van der Waals surface area contributed by atoms with Gasteiger partial charge in [-0.05, 0) is 13.3 Å². The second-order valence-electron chi connectivity index (χ2n) is 6.34. The molecule has 0 unspecified atom stereocenters. The maximum Gasteiger partial charge on any atom is 0.230 e. The Morgan fingerprint density at radius 3 is 2.68 bits per heavy atom. The smallest absolute Gasteiger partial charge is 0.230 e. The van der Waals surface area contributed by atoms with E-state index in [1.165, 1.54) is 37.4 Å². The molecule has 0 aliphatic heterocycles. The molecule has 5 nitrogen and oxygen atoms in total. The lowest BCUT2D eigenvalue weighted by Crippen LogP contribution is -2.33. The molecular formula is C19H28N4OS. The number of carbonyl (C=O) groups is 1. The molecule has 1 aromatic carbocycles. The standard InChI is InChI=1S/C19H28N4OS/c1-4-5-6-8-11-15(2)20-17(24)14-25-19-22-21-18(23(19)3)16-12-9-7-10-13-16/h7,9-10,12-13,15H,4-6,8,11,14H2,1-3H3,(H,20,24)/t15-/m0/s1. The number of nitrogens with zero attached hydrogens (tertiary/aromatic N) is 3. The minimum atomic E-state index is 0.0530. The fourth-order valence-electron chi connectivity index (χ4n) is 2.68. The molecule has 1 amide bonds. The van der Waals surface area contributed by atoms with E-state index < -0.39 is 0 Å². The topological polar surface area (TPSA) is 59.8 Å². The summed E-state index contributed by atoms with van der Waals surface area (Å²) >= 11 is 1.42. The molecule has 0 spiro atoms. The second-order valence-corrected chi connectivity index (χ2v) is 7.28. The molecule has 2 rings (SSSR count). The lowest BCUT2D eigenvalue weighted by Gasteiger charge is -2.13. The lowest BCUT2D eigenvalue weighted by molar-refractivity contribution is -0.119. The zero-order valence-corrected chi connectivity index (χ0v) is 16.2.